The molecule has 0 radical (unpaired) electrons. The van der Waals surface area contributed by atoms with E-state index in [0.717, 1.165) is 12.1 Å². The molecule has 0 saturated carbocycles. The van der Waals surface area contributed by atoms with Gasteiger partial charge < -0.3 is 4.90 Å². The molecule has 0 saturated heterocycles. The van der Waals surface area contributed by atoms with E-state index in [2.05, 4.69) is 0 Å². The number of nitrogens with zero attached hydrogens (tertiary/aromatic N) is 1. The highest BCUT2D eigenvalue weighted by atomic mass is 32.2. The largest absolute Gasteiger partial charge is 0.416 e. The number of hydrogen-bond donors (Lipinski definition) is 0. The SMILES string of the molecule is CN(CCS(=O)(=O)c1ccccc1)Cc1ccc(C(F)(F)F)cc1. The summed E-state index contributed by atoms with van der Waals surface area (Å²) in [6.45, 7) is 0.667. The van der Waals surface area contributed by atoms with Crippen LogP contribution < -0.4 is 0 Å². The summed E-state index contributed by atoms with van der Waals surface area (Å²) in [5, 5.41) is 0. The zero-order valence-electron chi connectivity index (χ0n) is 13.1. The van der Waals surface area contributed by atoms with Crippen molar-refractivity contribution >= 4 is 9.84 Å². The average molecular weight is 357 g/mol. The first-order valence-corrected chi connectivity index (χ1v) is 8.96. The number of sulfone groups is 1. The maximum atomic E-state index is 12.5. The molecule has 24 heavy (non-hydrogen) atoms. The van der Waals surface area contributed by atoms with Gasteiger partial charge in [-0.1, -0.05) is 30.3 Å². The van der Waals surface area contributed by atoms with Crippen LogP contribution in [0.3, 0.4) is 0 Å². The molecule has 0 amide bonds. The molecule has 0 aliphatic heterocycles. The minimum atomic E-state index is -4.35. The predicted molar refractivity (Wildman–Crippen MR) is 86.3 cm³/mol. The third-order valence-corrected chi connectivity index (χ3v) is 5.29. The molecule has 7 heteroatoms. The number of halogens is 3. The van der Waals surface area contributed by atoms with Crippen molar-refractivity contribution in [2.45, 2.75) is 17.6 Å². The van der Waals surface area contributed by atoms with E-state index < -0.39 is 21.6 Å². The summed E-state index contributed by atoms with van der Waals surface area (Å²) < 4.78 is 61.9. The van der Waals surface area contributed by atoms with E-state index in [1.807, 2.05) is 0 Å². The Morgan fingerprint density at radius 3 is 2.08 bits per heavy atom. The quantitative estimate of drug-likeness (QED) is 0.793. The highest BCUT2D eigenvalue weighted by Gasteiger charge is 2.29. The summed E-state index contributed by atoms with van der Waals surface area (Å²) in [5.74, 6) is -0.0475. The number of hydrogen-bond acceptors (Lipinski definition) is 3. The first-order valence-electron chi connectivity index (χ1n) is 7.31. The van der Waals surface area contributed by atoms with E-state index >= 15 is 0 Å². The normalized spacial score (nSPS) is 12.5. The third kappa shape index (κ3) is 5.07. The maximum Gasteiger partial charge on any atom is 0.416 e. The molecular weight excluding hydrogens is 339 g/mol. The van der Waals surface area contributed by atoms with E-state index in [0.29, 0.717) is 12.1 Å². The predicted octanol–water partition coefficient (Wildman–Crippen LogP) is 3.61. The highest BCUT2D eigenvalue weighted by Crippen LogP contribution is 2.29. The monoisotopic (exact) mass is 357 g/mol. The van der Waals surface area contributed by atoms with Crippen molar-refractivity contribution in [3.63, 3.8) is 0 Å². The zero-order valence-corrected chi connectivity index (χ0v) is 13.9. The number of rotatable bonds is 6. The molecule has 0 aliphatic carbocycles. The molecule has 0 heterocycles. The molecule has 2 aromatic carbocycles. The molecule has 0 fully saturated rings. The Kier molecular flexibility index (Phi) is 5.66. The van der Waals surface area contributed by atoms with Crippen molar-refractivity contribution in [2.75, 3.05) is 19.3 Å². The summed E-state index contributed by atoms with van der Waals surface area (Å²) in [6, 6.07) is 13.0. The average Bonchev–Trinajstić information content (AvgIpc) is 2.54. The third-order valence-electron chi connectivity index (χ3n) is 3.58. The number of alkyl halides is 3. The Morgan fingerprint density at radius 1 is 0.958 bits per heavy atom. The second kappa shape index (κ2) is 7.36. The van der Waals surface area contributed by atoms with Crippen molar-refractivity contribution in [2.24, 2.45) is 0 Å². The minimum Gasteiger partial charge on any atom is -0.301 e. The molecule has 0 aliphatic rings. The zero-order chi connectivity index (χ0) is 17.8. The van der Waals surface area contributed by atoms with Crippen LogP contribution in [-0.4, -0.2) is 32.7 Å². The van der Waals surface area contributed by atoms with Crippen molar-refractivity contribution in [1.29, 1.82) is 0 Å². The maximum absolute atomic E-state index is 12.5. The summed E-state index contributed by atoms with van der Waals surface area (Å²) in [5.41, 5.74) is 0.00293. The van der Waals surface area contributed by atoms with Gasteiger partial charge in [0.05, 0.1) is 16.2 Å². The molecule has 0 N–H and O–H groups in total. The van der Waals surface area contributed by atoms with E-state index in [9.17, 15) is 21.6 Å². The van der Waals surface area contributed by atoms with Crippen LogP contribution in [0.5, 0.6) is 0 Å². The summed E-state index contributed by atoms with van der Waals surface area (Å²) in [7, 11) is -1.63. The first kappa shape index (κ1) is 18.5. The molecule has 130 valence electrons. The van der Waals surface area contributed by atoms with Gasteiger partial charge in [-0.05, 0) is 36.9 Å². The van der Waals surface area contributed by atoms with E-state index in [4.69, 9.17) is 0 Å². The molecular formula is C17H18F3NO2S. The van der Waals surface area contributed by atoms with Gasteiger partial charge in [-0.25, -0.2) is 8.42 Å². The fraction of sp³-hybridized carbons (Fsp3) is 0.294. The standard InChI is InChI=1S/C17H18F3NO2S/c1-21(11-12-24(22,23)16-5-3-2-4-6-16)13-14-7-9-15(10-8-14)17(18,19)20/h2-10H,11-13H2,1H3. The Labute approximate surface area is 139 Å². The Balaban J connectivity index is 1.93. The molecule has 2 aromatic rings. The molecule has 2 rings (SSSR count). The Morgan fingerprint density at radius 2 is 1.54 bits per heavy atom. The Bertz CT molecular complexity index is 757. The van der Waals surface area contributed by atoms with Crippen LogP contribution in [0.15, 0.2) is 59.5 Å². The van der Waals surface area contributed by atoms with Gasteiger partial charge in [-0.3, -0.25) is 0 Å². The van der Waals surface area contributed by atoms with Crippen LogP contribution in [0, 0.1) is 0 Å². The fourth-order valence-corrected chi connectivity index (χ4v) is 3.57. The van der Waals surface area contributed by atoms with Crippen molar-refractivity contribution in [1.82, 2.24) is 4.90 Å². The van der Waals surface area contributed by atoms with Gasteiger partial charge in [-0.15, -0.1) is 0 Å². The van der Waals surface area contributed by atoms with Crippen LogP contribution in [0.2, 0.25) is 0 Å². The van der Waals surface area contributed by atoms with Gasteiger partial charge in [-0.2, -0.15) is 13.2 Å². The molecule has 0 aromatic heterocycles. The minimum absolute atomic E-state index is 0.0475. The lowest BCUT2D eigenvalue weighted by Gasteiger charge is -2.17. The van der Waals surface area contributed by atoms with Crippen LogP contribution >= 0.6 is 0 Å². The number of benzene rings is 2. The van der Waals surface area contributed by atoms with Crippen LogP contribution in [0.25, 0.3) is 0 Å². The van der Waals surface area contributed by atoms with Gasteiger partial charge in [0.1, 0.15) is 0 Å². The van der Waals surface area contributed by atoms with Crippen LogP contribution in [0.1, 0.15) is 11.1 Å². The van der Waals surface area contributed by atoms with Crippen molar-refractivity contribution < 1.29 is 21.6 Å². The van der Waals surface area contributed by atoms with Gasteiger partial charge in [0.15, 0.2) is 9.84 Å². The van der Waals surface area contributed by atoms with Gasteiger partial charge in [0.25, 0.3) is 0 Å². The second-order valence-electron chi connectivity index (χ2n) is 5.56. The van der Waals surface area contributed by atoms with E-state index in [1.165, 1.54) is 12.1 Å². The fourth-order valence-electron chi connectivity index (χ4n) is 2.21. The molecule has 0 bridgehead atoms. The van der Waals surface area contributed by atoms with Crippen molar-refractivity contribution in [3.05, 3.63) is 65.7 Å². The summed E-state index contributed by atoms with van der Waals surface area (Å²) in [6.07, 6.45) is -4.35. The second-order valence-corrected chi connectivity index (χ2v) is 7.67. The molecule has 3 nitrogen and oxygen atoms in total. The van der Waals surface area contributed by atoms with Gasteiger partial charge in [0, 0.05) is 13.1 Å². The van der Waals surface area contributed by atoms with Crippen LogP contribution in [-0.2, 0) is 22.6 Å². The lowest BCUT2D eigenvalue weighted by atomic mass is 10.1. The molecule has 0 spiro atoms. The lowest BCUT2D eigenvalue weighted by Crippen LogP contribution is -2.25. The summed E-state index contributed by atoms with van der Waals surface area (Å²) >= 11 is 0. The van der Waals surface area contributed by atoms with Crippen LogP contribution in [0.4, 0.5) is 13.2 Å². The van der Waals surface area contributed by atoms with Crippen molar-refractivity contribution in [3.8, 4) is 0 Å². The van der Waals surface area contributed by atoms with Gasteiger partial charge >= 0.3 is 6.18 Å². The topological polar surface area (TPSA) is 37.4 Å². The molecule has 0 atom stereocenters. The lowest BCUT2D eigenvalue weighted by molar-refractivity contribution is -0.137. The Hall–Kier alpha value is -1.86. The smallest absolute Gasteiger partial charge is 0.301 e. The first-order chi connectivity index (χ1) is 11.2. The highest BCUT2D eigenvalue weighted by molar-refractivity contribution is 7.91. The van der Waals surface area contributed by atoms with Gasteiger partial charge in [0.2, 0.25) is 0 Å². The summed E-state index contributed by atoms with van der Waals surface area (Å²) in [4.78, 5) is 2.04. The molecule has 0 unspecified atom stereocenters. The van der Waals surface area contributed by atoms with E-state index in [-0.39, 0.29) is 17.2 Å². The van der Waals surface area contributed by atoms with E-state index in [1.54, 1.807) is 42.3 Å².